The van der Waals surface area contributed by atoms with Crippen molar-refractivity contribution in [1.82, 2.24) is 24.5 Å². The number of hydrogen-bond donors (Lipinski definition) is 0. The van der Waals surface area contributed by atoms with Crippen molar-refractivity contribution >= 4 is 34.1 Å². The smallest absolute Gasteiger partial charge is 0.290 e. The van der Waals surface area contributed by atoms with Crippen LogP contribution < -0.4 is 4.90 Å². The fraction of sp³-hybridized carbons (Fsp3) is 0.364. The highest BCUT2D eigenvalue weighted by atomic mass is 32.1. The van der Waals surface area contributed by atoms with Crippen LogP contribution in [0.15, 0.2) is 29.6 Å². The molecule has 7 nitrogen and oxygen atoms in total. The summed E-state index contributed by atoms with van der Waals surface area (Å²) in [6, 6.07) is 4.58. The topological polar surface area (TPSA) is 68.8 Å². The lowest BCUT2D eigenvalue weighted by molar-refractivity contribution is -0.174. The van der Waals surface area contributed by atoms with Gasteiger partial charge in [0.2, 0.25) is 0 Å². The maximum atomic E-state index is 14.0. The number of carbonyl (C=O) groups is 1. The van der Waals surface area contributed by atoms with Gasteiger partial charge in [0.15, 0.2) is 11.7 Å². The first-order valence-corrected chi connectivity index (χ1v) is 11.3. The molecule has 1 aliphatic rings. The van der Waals surface area contributed by atoms with Crippen LogP contribution in [-0.4, -0.2) is 42.7 Å². The highest BCUT2D eigenvalue weighted by Crippen LogP contribution is 2.43. The van der Waals surface area contributed by atoms with Gasteiger partial charge in [0.25, 0.3) is 5.91 Å². The molecular formula is C22H21F3N6OS. The molecule has 2 atom stereocenters. The zero-order chi connectivity index (χ0) is 23.7. The third kappa shape index (κ3) is 3.41. The number of halogens is 3. The molecule has 0 saturated carbocycles. The number of alkyl halides is 3. The fourth-order valence-corrected chi connectivity index (χ4v) is 5.22. The van der Waals surface area contributed by atoms with Gasteiger partial charge in [0, 0.05) is 19.2 Å². The molecule has 0 spiro atoms. The Hall–Kier alpha value is -3.21. The molecule has 172 valence electrons. The van der Waals surface area contributed by atoms with Gasteiger partial charge in [-0.2, -0.15) is 23.4 Å². The molecule has 5 rings (SSSR count). The molecule has 0 saturated heterocycles. The number of pyridine rings is 1. The highest BCUT2D eigenvalue weighted by molar-refractivity contribution is 7.13. The Morgan fingerprint density at radius 3 is 2.64 bits per heavy atom. The van der Waals surface area contributed by atoms with Crippen LogP contribution in [0.2, 0.25) is 0 Å². The number of hydrogen-bond acceptors (Lipinski definition) is 5. The minimum atomic E-state index is -4.47. The lowest BCUT2D eigenvalue weighted by Crippen LogP contribution is -2.48. The van der Waals surface area contributed by atoms with Gasteiger partial charge >= 0.3 is 6.18 Å². The summed E-state index contributed by atoms with van der Waals surface area (Å²) >= 11 is 1.49. The fourth-order valence-electron chi connectivity index (χ4n) is 4.54. The second-order valence-electron chi connectivity index (χ2n) is 8.35. The minimum absolute atomic E-state index is 0.141. The van der Waals surface area contributed by atoms with Gasteiger partial charge in [-0.05, 0) is 44.7 Å². The maximum Gasteiger partial charge on any atom is 0.410 e. The quantitative estimate of drug-likeness (QED) is 0.408. The highest BCUT2D eigenvalue weighted by Gasteiger charge is 2.48. The van der Waals surface area contributed by atoms with Crippen molar-refractivity contribution in [2.45, 2.75) is 45.5 Å². The van der Waals surface area contributed by atoms with Crippen molar-refractivity contribution in [3.63, 3.8) is 0 Å². The summed E-state index contributed by atoms with van der Waals surface area (Å²) in [5.74, 6) is -0.256. The molecule has 1 amide bonds. The monoisotopic (exact) mass is 474 g/mol. The Labute approximate surface area is 191 Å². The lowest BCUT2D eigenvalue weighted by atomic mass is 10.0. The van der Waals surface area contributed by atoms with E-state index in [1.807, 2.05) is 17.5 Å². The first kappa shape index (κ1) is 21.6. The van der Waals surface area contributed by atoms with E-state index in [-0.39, 0.29) is 12.2 Å². The predicted molar refractivity (Wildman–Crippen MR) is 120 cm³/mol. The van der Waals surface area contributed by atoms with E-state index in [0.29, 0.717) is 33.7 Å². The van der Waals surface area contributed by atoms with E-state index in [9.17, 15) is 18.0 Å². The van der Waals surface area contributed by atoms with Crippen molar-refractivity contribution < 1.29 is 18.0 Å². The summed E-state index contributed by atoms with van der Waals surface area (Å²) in [5, 5.41) is 11.0. The number of rotatable bonds is 2. The Kier molecular flexibility index (Phi) is 4.85. The summed E-state index contributed by atoms with van der Waals surface area (Å²) in [4.78, 5) is 21.0. The van der Waals surface area contributed by atoms with Crippen LogP contribution in [0, 0.1) is 13.8 Å². The van der Waals surface area contributed by atoms with Crippen LogP contribution >= 0.6 is 11.3 Å². The zero-order valence-corrected chi connectivity index (χ0v) is 19.2. The van der Waals surface area contributed by atoms with E-state index >= 15 is 0 Å². The molecule has 33 heavy (non-hydrogen) atoms. The molecule has 5 heterocycles. The molecule has 4 aromatic heterocycles. The number of anilines is 1. The summed E-state index contributed by atoms with van der Waals surface area (Å²) in [6.45, 7) is 5.05. The number of fused-ring (bicyclic) bond motifs is 2. The van der Waals surface area contributed by atoms with Crippen LogP contribution in [0.25, 0.3) is 21.6 Å². The zero-order valence-electron chi connectivity index (χ0n) is 18.4. The van der Waals surface area contributed by atoms with E-state index in [1.54, 1.807) is 38.6 Å². The summed E-state index contributed by atoms with van der Waals surface area (Å²) in [6.07, 6.45) is -4.74. The predicted octanol–water partition coefficient (Wildman–Crippen LogP) is 5.05. The number of aromatic nitrogens is 5. The van der Waals surface area contributed by atoms with Crippen LogP contribution in [0.5, 0.6) is 0 Å². The van der Waals surface area contributed by atoms with Crippen LogP contribution in [0.4, 0.5) is 19.0 Å². The van der Waals surface area contributed by atoms with Crippen molar-refractivity contribution in [3.05, 3.63) is 46.6 Å². The molecule has 4 aromatic rings. The lowest BCUT2D eigenvalue weighted by Gasteiger charge is -2.38. The van der Waals surface area contributed by atoms with Gasteiger partial charge in [0.1, 0.15) is 5.82 Å². The molecule has 0 N–H and O–H groups in total. The largest absolute Gasteiger partial charge is 0.410 e. The Balaban J connectivity index is 1.70. The van der Waals surface area contributed by atoms with Crippen LogP contribution in [-0.2, 0) is 7.05 Å². The third-order valence-corrected chi connectivity index (χ3v) is 6.85. The molecule has 0 unspecified atom stereocenters. The van der Waals surface area contributed by atoms with Crippen LogP contribution in [0.1, 0.15) is 41.1 Å². The van der Waals surface area contributed by atoms with Crippen molar-refractivity contribution in [2.24, 2.45) is 7.05 Å². The molecular weight excluding hydrogens is 453 g/mol. The average molecular weight is 475 g/mol. The van der Waals surface area contributed by atoms with Crippen molar-refractivity contribution in [2.75, 3.05) is 4.90 Å². The Morgan fingerprint density at radius 2 is 1.97 bits per heavy atom. The van der Waals surface area contributed by atoms with Gasteiger partial charge in [-0.25, -0.2) is 9.67 Å². The maximum absolute atomic E-state index is 14.0. The minimum Gasteiger partial charge on any atom is -0.290 e. The van der Waals surface area contributed by atoms with Crippen LogP contribution in [0.3, 0.4) is 0 Å². The van der Waals surface area contributed by atoms with Crippen molar-refractivity contribution in [3.8, 4) is 10.6 Å². The summed E-state index contributed by atoms with van der Waals surface area (Å²) < 4.78 is 43.8. The van der Waals surface area contributed by atoms with Gasteiger partial charge < -0.3 is 0 Å². The van der Waals surface area contributed by atoms with E-state index in [0.717, 1.165) is 9.56 Å². The average Bonchev–Trinajstić information content (AvgIpc) is 3.45. The standard InChI is InChI=1S/C22H21F3N6OS/c1-11-8-18-30(12(2)9-17(22(23,24)25)31(18)27-11)21(32)14-10-15(16-6-5-7-33-16)26-20-19(14)13(3)28-29(20)4/h5-8,10,12,17H,9H2,1-4H3/t12-,17-/m1/s1. The van der Waals surface area contributed by atoms with Gasteiger partial charge in [-0.15, -0.1) is 11.3 Å². The van der Waals surface area contributed by atoms with E-state index in [4.69, 9.17) is 4.98 Å². The second-order valence-corrected chi connectivity index (χ2v) is 9.29. The molecule has 0 aliphatic carbocycles. The second kappa shape index (κ2) is 7.41. The van der Waals surface area contributed by atoms with E-state index in [1.165, 1.54) is 22.3 Å². The molecule has 11 heteroatoms. The number of thiophene rings is 1. The first-order chi connectivity index (χ1) is 15.6. The summed E-state index contributed by atoms with van der Waals surface area (Å²) in [5.41, 5.74) is 2.57. The number of aryl methyl sites for hydroxylation is 3. The first-order valence-electron chi connectivity index (χ1n) is 10.4. The van der Waals surface area contributed by atoms with Gasteiger partial charge in [0.05, 0.1) is 32.9 Å². The molecule has 0 bridgehead atoms. The Morgan fingerprint density at radius 1 is 1.21 bits per heavy atom. The van der Waals surface area contributed by atoms with Gasteiger partial charge in [-0.3, -0.25) is 14.4 Å². The van der Waals surface area contributed by atoms with Gasteiger partial charge in [-0.1, -0.05) is 6.07 Å². The SMILES string of the molecule is Cc1cc2n(n1)[C@@H](C(F)(F)F)C[C@@H](C)N2C(=O)c1cc(-c2cccs2)nc2c1c(C)nn2C. The molecule has 0 fully saturated rings. The third-order valence-electron chi connectivity index (χ3n) is 5.95. The molecule has 0 aromatic carbocycles. The normalized spacial score (nSPS) is 18.7. The number of amides is 1. The molecule has 0 radical (unpaired) electrons. The summed E-state index contributed by atoms with van der Waals surface area (Å²) in [7, 11) is 1.75. The Bertz CT molecular complexity index is 1370. The van der Waals surface area contributed by atoms with E-state index < -0.39 is 24.2 Å². The number of carbonyl (C=O) groups excluding carboxylic acids is 1. The molecule has 1 aliphatic heterocycles. The number of nitrogens with zero attached hydrogens (tertiary/aromatic N) is 6. The van der Waals surface area contributed by atoms with E-state index in [2.05, 4.69) is 10.2 Å². The van der Waals surface area contributed by atoms with Crippen molar-refractivity contribution in [1.29, 1.82) is 0 Å².